The van der Waals surface area contributed by atoms with Gasteiger partial charge in [0.15, 0.2) is 0 Å². The Labute approximate surface area is 122 Å². The minimum atomic E-state index is -4.04. The lowest BCUT2D eigenvalue weighted by molar-refractivity contribution is -0.127. The number of rotatable bonds is 8. The van der Waals surface area contributed by atoms with Crippen LogP contribution in [0.4, 0.5) is 0 Å². The maximum absolute atomic E-state index is 11.2. The van der Waals surface area contributed by atoms with Crippen LogP contribution in [-0.4, -0.2) is 55.2 Å². The van der Waals surface area contributed by atoms with Gasteiger partial charge >= 0.3 is 7.82 Å². The van der Waals surface area contributed by atoms with Crippen LogP contribution in [0.1, 0.15) is 12.8 Å². The topological polar surface area (TPSA) is 114 Å². The molecule has 1 unspecified atom stereocenters. The molecule has 0 spiro atoms. The Morgan fingerprint density at radius 2 is 2.29 bits per heavy atom. The number of phosphoric ester groups is 1. The van der Waals surface area contributed by atoms with Gasteiger partial charge in [0.1, 0.15) is 6.23 Å². The van der Waals surface area contributed by atoms with Crippen molar-refractivity contribution in [3.05, 3.63) is 12.3 Å². The van der Waals surface area contributed by atoms with E-state index in [1.54, 1.807) is 0 Å². The summed E-state index contributed by atoms with van der Waals surface area (Å²) in [5, 5.41) is 2.39. The largest absolute Gasteiger partial charge is 0.472 e. The van der Waals surface area contributed by atoms with E-state index in [-0.39, 0.29) is 12.5 Å². The standard InChI is InChI=1S/C11H19N2O7P/c1-12-10(15)5-6-13(8-14)11-4-3-9(20-11)7-19-21(16,17)18-2/h5-6,8-9,11H,3-4,7H2,1-2H3,(H,12,15)(H,16,17)/b6-5-/t9-,11+/m0/s1. The number of ether oxygens (including phenoxy) is 1. The van der Waals surface area contributed by atoms with Crippen LogP contribution in [0.2, 0.25) is 0 Å². The molecule has 0 aliphatic carbocycles. The summed E-state index contributed by atoms with van der Waals surface area (Å²) < 4.78 is 25.7. The second kappa shape index (κ2) is 8.26. The van der Waals surface area contributed by atoms with E-state index in [2.05, 4.69) is 9.84 Å². The first-order chi connectivity index (χ1) is 9.91. The van der Waals surface area contributed by atoms with E-state index in [1.165, 1.54) is 24.2 Å². The van der Waals surface area contributed by atoms with E-state index in [0.717, 1.165) is 7.11 Å². The highest BCUT2D eigenvalue weighted by Crippen LogP contribution is 2.42. The Hall–Kier alpha value is -1.25. The van der Waals surface area contributed by atoms with Crippen molar-refractivity contribution in [1.82, 2.24) is 10.2 Å². The first kappa shape index (κ1) is 17.8. The van der Waals surface area contributed by atoms with Gasteiger partial charge in [-0.25, -0.2) is 4.57 Å². The molecule has 0 aromatic rings. The number of nitrogens with one attached hydrogen (secondary N) is 1. The lowest BCUT2D eigenvalue weighted by Gasteiger charge is -2.21. The molecule has 3 atom stereocenters. The normalized spacial score (nSPS) is 24.7. The Bertz CT molecular complexity index is 442. The summed E-state index contributed by atoms with van der Waals surface area (Å²) in [6.07, 6.45) is 3.15. The van der Waals surface area contributed by atoms with Crippen LogP contribution in [0.25, 0.3) is 0 Å². The van der Waals surface area contributed by atoms with E-state index in [4.69, 9.17) is 14.2 Å². The third kappa shape index (κ3) is 5.94. The van der Waals surface area contributed by atoms with Crippen LogP contribution in [0.5, 0.6) is 0 Å². The molecule has 0 aromatic heterocycles. The summed E-state index contributed by atoms with van der Waals surface area (Å²) in [7, 11) is -1.50. The van der Waals surface area contributed by atoms with Crippen LogP contribution < -0.4 is 5.32 Å². The number of hydrogen-bond donors (Lipinski definition) is 2. The molecule has 10 heteroatoms. The van der Waals surface area contributed by atoms with Gasteiger partial charge in [-0.3, -0.25) is 23.5 Å². The molecule has 1 fully saturated rings. The smallest absolute Gasteiger partial charge is 0.356 e. The quantitative estimate of drug-likeness (QED) is 0.366. The minimum absolute atomic E-state index is 0.121. The van der Waals surface area contributed by atoms with Gasteiger partial charge in [-0.05, 0) is 12.8 Å². The molecule has 1 rings (SSSR count). The molecule has 1 aliphatic rings. The SMILES string of the molecule is CNC(=O)/C=C\N(C=O)[C@H]1CC[C@@H](COP(=O)(O)OC)O1. The van der Waals surface area contributed by atoms with Crippen molar-refractivity contribution in [2.24, 2.45) is 0 Å². The molecule has 9 nitrogen and oxygen atoms in total. The van der Waals surface area contributed by atoms with Crippen LogP contribution in [-0.2, 0) is 27.9 Å². The molecule has 21 heavy (non-hydrogen) atoms. The second-order valence-electron chi connectivity index (χ2n) is 4.22. The second-order valence-corrected chi connectivity index (χ2v) is 5.78. The van der Waals surface area contributed by atoms with E-state index in [0.29, 0.717) is 19.3 Å². The van der Waals surface area contributed by atoms with Gasteiger partial charge in [0.05, 0.1) is 12.7 Å². The van der Waals surface area contributed by atoms with E-state index >= 15 is 0 Å². The van der Waals surface area contributed by atoms with Crippen molar-refractivity contribution in [3.63, 3.8) is 0 Å². The van der Waals surface area contributed by atoms with E-state index < -0.39 is 20.2 Å². The predicted octanol–water partition coefficient (Wildman–Crippen LogP) is -0.0270. The first-order valence-electron chi connectivity index (χ1n) is 6.23. The van der Waals surface area contributed by atoms with Crippen molar-refractivity contribution in [3.8, 4) is 0 Å². The zero-order chi connectivity index (χ0) is 15.9. The Balaban J connectivity index is 2.48. The lowest BCUT2D eigenvalue weighted by Crippen LogP contribution is -2.31. The number of nitrogens with zero attached hydrogens (tertiary/aromatic N) is 1. The molecule has 1 heterocycles. The fourth-order valence-electron chi connectivity index (χ4n) is 1.69. The number of amides is 2. The molecule has 2 amide bonds. The summed E-state index contributed by atoms with van der Waals surface area (Å²) in [5.41, 5.74) is 0. The van der Waals surface area contributed by atoms with Crippen molar-refractivity contribution in [1.29, 1.82) is 0 Å². The molecule has 2 N–H and O–H groups in total. The molecule has 0 bridgehead atoms. The van der Waals surface area contributed by atoms with Gasteiger partial charge in [-0.15, -0.1) is 0 Å². The van der Waals surface area contributed by atoms with Gasteiger partial charge in [0.25, 0.3) is 0 Å². The highest BCUT2D eigenvalue weighted by atomic mass is 31.2. The molecule has 0 saturated carbocycles. The van der Waals surface area contributed by atoms with Crippen molar-refractivity contribution >= 4 is 20.1 Å². The highest BCUT2D eigenvalue weighted by molar-refractivity contribution is 7.47. The Morgan fingerprint density at radius 3 is 2.86 bits per heavy atom. The van der Waals surface area contributed by atoms with Crippen LogP contribution in [0.3, 0.4) is 0 Å². The van der Waals surface area contributed by atoms with Crippen LogP contribution in [0, 0.1) is 0 Å². The Morgan fingerprint density at radius 1 is 1.57 bits per heavy atom. The first-order valence-corrected chi connectivity index (χ1v) is 7.72. The summed E-state index contributed by atoms with van der Waals surface area (Å²) >= 11 is 0. The lowest BCUT2D eigenvalue weighted by atomic mass is 10.2. The number of hydrogen-bond acceptors (Lipinski definition) is 6. The van der Waals surface area contributed by atoms with Gasteiger partial charge in [-0.1, -0.05) is 0 Å². The summed E-state index contributed by atoms with van der Waals surface area (Å²) in [4.78, 5) is 32.4. The van der Waals surface area contributed by atoms with E-state index in [9.17, 15) is 14.2 Å². The van der Waals surface area contributed by atoms with Crippen molar-refractivity contribution in [2.75, 3.05) is 20.8 Å². The fraction of sp³-hybridized carbons (Fsp3) is 0.636. The van der Waals surface area contributed by atoms with Gasteiger partial charge in [-0.2, -0.15) is 0 Å². The fourth-order valence-corrected chi connectivity index (χ4v) is 2.15. The van der Waals surface area contributed by atoms with Gasteiger partial charge in [0, 0.05) is 26.4 Å². The third-order valence-corrected chi connectivity index (χ3v) is 3.77. The minimum Gasteiger partial charge on any atom is -0.356 e. The molecule has 1 saturated heterocycles. The van der Waals surface area contributed by atoms with Crippen LogP contribution in [0.15, 0.2) is 12.3 Å². The molecule has 0 radical (unpaired) electrons. The predicted molar refractivity (Wildman–Crippen MR) is 71.8 cm³/mol. The average molecular weight is 322 g/mol. The molecular weight excluding hydrogens is 303 g/mol. The Kier molecular flexibility index (Phi) is 7.00. The van der Waals surface area contributed by atoms with Gasteiger partial charge < -0.3 is 14.9 Å². The summed E-state index contributed by atoms with van der Waals surface area (Å²) in [6, 6.07) is 0. The maximum atomic E-state index is 11.2. The summed E-state index contributed by atoms with van der Waals surface area (Å²) in [6.45, 7) is -0.121. The zero-order valence-electron chi connectivity index (χ0n) is 11.8. The summed E-state index contributed by atoms with van der Waals surface area (Å²) in [5.74, 6) is -0.346. The van der Waals surface area contributed by atoms with Crippen molar-refractivity contribution < 1.29 is 32.8 Å². The van der Waals surface area contributed by atoms with E-state index in [1.807, 2.05) is 0 Å². The number of carbonyl (C=O) groups excluding carboxylic acids is 2. The zero-order valence-corrected chi connectivity index (χ0v) is 12.7. The molecule has 1 aliphatic heterocycles. The highest BCUT2D eigenvalue weighted by Gasteiger charge is 2.31. The molecular formula is C11H19N2O7P. The van der Waals surface area contributed by atoms with Crippen LogP contribution >= 0.6 is 7.82 Å². The number of likely N-dealkylation sites (N-methyl/N-ethyl adjacent to an activating group) is 1. The number of carbonyl (C=O) groups is 2. The van der Waals surface area contributed by atoms with Gasteiger partial charge in [0.2, 0.25) is 12.3 Å². The third-order valence-electron chi connectivity index (χ3n) is 2.84. The maximum Gasteiger partial charge on any atom is 0.472 e. The molecule has 120 valence electrons. The molecule has 0 aromatic carbocycles. The van der Waals surface area contributed by atoms with Crippen molar-refractivity contribution in [2.45, 2.75) is 25.2 Å². The number of phosphoric acid groups is 1. The monoisotopic (exact) mass is 322 g/mol. The average Bonchev–Trinajstić information content (AvgIpc) is 2.94.